The van der Waals surface area contributed by atoms with E-state index in [1.54, 1.807) is 14.2 Å². The number of nitrogens with one attached hydrogen (secondary N) is 2. The molecule has 0 radical (unpaired) electrons. The van der Waals surface area contributed by atoms with Crippen LogP contribution in [-0.4, -0.2) is 44.3 Å². The number of nitrogens with zero attached hydrogens (tertiary/aromatic N) is 1. The molecule has 6 nitrogen and oxygen atoms in total. The smallest absolute Gasteiger partial charge is 0.315 e. The molecule has 1 aliphatic rings. The Balaban J connectivity index is 2.00. The van der Waals surface area contributed by atoms with Crippen LogP contribution in [0.25, 0.3) is 0 Å². The first-order chi connectivity index (χ1) is 15.0. The van der Waals surface area contributed by atoms with Crippen LogP contribution < -0.4 is 20.1 Å². The fraction of sp³-hybridized carbons (Fsp3) is 0.458. The minimum absolute atomic E-state index is 0.0544. The molecule has 2 atom stereocenters. The second-order valence-corrected chi connectivity index (χ2v) is 7.72. The molecule has 7 heteroatoms. The van der Waals surface area contributed by atoms with Crippen LogP contribution in [0.3, 0.4) is 0 Å². The van der Waals surface area contributed by atoms with Gasteiger partial charge in [-0.15, -0.1) is 0 Å². The number of benzene rings is 2. The van der Waals surface area contributed by atoms with Gasteiger partial charge in [-0.3, -0.25) is 4.90 Å². The summed E-state index contributed by atoms with van der Waals surface area (Å²) in [6.45, 7) is 6.01. The van der Waals surface area contributed by atoms with Gasteiger partial charge in [0.2, 0.25) is 0 Å². The highest BCUT2D eigenvalue weighted by molar-refractivity contribution is 5.74. The lowest BCUT2D eigenvalue weighted by molar-refractivity contribution is 0.135. The molecule has 0 aliphatic carbocycles. The number of hydrogen-bond acceptors (Lipinski definition) is 4. The van der Waals surface area contributed by atoms with E-state index in [1.165, 1.54) is 17.7 Å². The number of ether oxygens (including phenoxy) is 2. The summed E-state index contributed by atoms with van der Waals surface area (Å²) in [7, 11) is 3.26. The number of carbonyl (C=O) groups is 1. The molecule has 0 saturated heterocycles. The highest BCUT2D eigenvalue weighted by Gasteiger charge is 2.35. The van der Waals surface area contributed by atoms with E-state index in [-0.39, 0.29) is 23.9 Å². The van der Waals surface area contributed by atoms with Gasteiger partial charge in [-0.2, -0.15) is 0 Å². The van der Waals surface area contributed by atoms with Gasteiger partial charge in [0, 0.05) is 19.6 Å². The predicted octanol–water partition coefficient (Wildman–Crippen LogP) is 4.04. The highest BCUT2D eigenvalue weighted by Crippen LogP contribution is 2.40. The molecule has 1 aliphatic heterocycles. The molecule has 0 aromatic heterocycles. The molecule has 0 saturated carbocycles. The van der Waals surface area contributed by atoms with Gasteiger partial charge < -0.3 is 20.1 Å². The predicted molar refractivity (Wildman–Crippen MR) is 119 cm³/mol. The normalized spacial score (nSPS) is 16.9. The molecule has 2 aromatic carbocycles. The summed E-state index contributed by atoms with van der Waals surface area (Å²) in [5, 5.41) is 5.98. The Morgan fingerprint density at radius 2 is 1.84 bits per heavy atom. The van der Waals surface area contributed by atoms with Crippen molar-refractivity contribution in [1.82, 2.24) is 15.5 Å². The Bertz CT molecular complexity index is 888. The minimum atomic E-state index is -0.245. The zero-order valence-electron chi connectivity index (χ0n) is 18.7. The lowest BCUT2D eigenvalue weighted by Gasteiger charge is -2.42. The maximum absolute atomic E-state index is 13.4. The minimum Gasteiger partial charge on any atom is -0.493 e. The number of halogens is 1. The second-order valence-electron chi connectivity index (χ2n) is 7.72. The van der Waals surface area contributed by atoms with Gasteiger partial charge in [0.15, 0.2) is 11.5 Å². The average Bonchev–Trinajstić information content (AvgIpc) is 2.78. The van der Waals surface area contributed by atoms with Gasteiger partial charge >= 0.3 is 6.03 Å². The van der Waals surface area contributed by atoms with Crippen LogP contribution in [0.4, 0.5) is 9.18 Å². The fourth-order valence-electron chi connectivity index (χ4n) is 4.29. The lowest BCUT2D eigenvalue weighted by Crippen LogP contribution is -2.50. The molecule has 31 heavy (non-hydrogen) atoms. The van der Waals surface area contributed by atoms with Crippen molar-refractivity contribution in [3.8, 4) is 11.5 Å². The Kier molecular flexibility index (Phi) is 7.74. The van der Waals surface area contributed by atoms with Crippen LogP contribution in [0.2, 0.25) is 0 Å². The van der Waals surface area contributed by atoms with Gasteiger partial charge in [0.25, 0.3) is 0 Å². The van der Waals surface area contributed by atoms with E-state index in [1.807, 2.05) is 31.2 Å². The summed E-state index contributed by atoms with van der Waals surface area (Å²) >= 11 is 0. The first-order valence-corrected chi connectivity index (χ1v) is 10.8. The Morgan fingerprint density at radius 1 is 1.16 bits per heavy atom. The summed E-state index contributed by atoms with van der Waals surface area (Å²) in [4.78, 5) is 14.7. The van der Waals surface area contributed by atoms with Crippen LogP contribution in [0, 0.1) is 5.82 Å². The Morgan fingerprint density at radius 3 is 2.45 bits per heavy atom. The largest absolute Gasteiger partial charge is 0.493 e. The zero-order chi connectivity index (χ0) is 22.4. The van der Waals surface area contributed by atoms with Gasteiger partial charge in [0.05, 0.1) is 26.3 Å². The highest BCUT2D eigenvalue weighted by atomic mass is 19.1. The fourth-order valence-corrected chi connectivity index (χ4v) is 4.29. The van der Waals surface area contributed by atoms with Crippen LogP contribution in [-0.2, 0) is 13.0 Å². The Labute approximate surface area is 183 Å². The van der Waals surface area contributed by atoms with Gasteiger partial charge in [-0.1, -0.05) is 19.1 Å². The number of carbonyl (C=O) groups excluding carboxylic acids is 1. The first-order valence-electron chi connectivity index (χ1n) is 10.8. The van der Waals surface area contributed by atoms with Crippen molar-refractivity contribution >= 4 is 6.03 Å². The molecule has 2 amide bonds. The van der Waals surface area contributed by atoms with E-state index < -0.39 is 0 Å². The number of amides is 2. The molecule has 0 spiro atoms. The quantitative estimate of drug-likeness (QED) is 0.665. The van der Waals surface area contributed by atoms with Crippen molar-refractivity contribution in [2.75, 3.05) is 27.3 Å². The molecular formula is C24H32FN3O3. The third-order valence-electron chi connectivity index (χ3n) is 5.80. The summed E-state index contributed by atoms with van der Waals surface area (Å²) in [6, 6.07) is 10.3. The monoisotopic (exact) mass is 429 g/mol. The van der Waals surface area contributed by atoms with Crippen molar-refractivity contribution < 1.29 is 18.7 Å². The second kappa shape index (κ2) is 10.5. The third-order valence-corrected chi connectivity index (χ3v) is 5.80. The van der Waals surface area contributed by atoms with E-state index in [0.717, 1.165) is 30.5 Å². The Hall–Kier alpha value is -2.80. The average molecular weight is 430 g/mol. The van der Waals surface area contributed by atoms with Crippen molar-refractivity contribution in [2.45, 2.75) is 45.3 Å². The van der Waals surface area contributed by atoms with Crippen LogP contribution >= 0.6 is 0 Å². The third kappa shape index (κ3) is 5.28. The standard InChI is InChI=1S/C24H32FN3O3/c1-5-20(27-24(29)26-6-2)23-19-14-22(31-4)21(30-3)13-17(19)11-12-28(23)15-16-7-9-18(25)10-8-16/h7-10,13-14,20,23H,5-6,11-12,15H2,1-4H3,(H2,26,27,29)/t20-,23+/m0/s1. The van der Waals surface area contributed by atoms with E-state index in [0.29, 0.717) is 24.6 Å². The molecule has 2 N–H and O–H groups in total. The van der Waals surface area contributed by atoms with Crippen molar-refractivity contribution in [2.24, 2.45) is 0 Å². The summed E-state index contributed by atoms with van der Waals surface area (Å²) in [5.74, 6) is 1.13. The van der Waals surface area contributed by atoms with E-state index in [2.05, 4.69) is 22.5 Å². The van der Waals surface area contributed by atoms with E-state index in [9.17, 15) is 9.18 Å². The number of rotatable bonds is 8. The molecule has 2 aromatic rings. The summed E-state index contributed by atoms with van der Waals surface area (Å²) in [6.07, 6.45) is 1.61. The first kappa shape index (κ1) is 22.9. The molecule has 0 bridgehead atoms. The van der Waals surface area contributed by atoms with Gasteiger partial charge in [-0.05, 0) is 60.7 Å². The molecule has 168 valence electrons. The summed E-state index contributed by atoms with van der Waals surface area (Å²) in [5.41, 5.74) is 3.34. The number of methoxy groups -OCH3 is 2. The number of fused-ring (bicyclic) bond motifs is 1. The number of hydrogen-bond donors (Lipinski definition) is 2. The zero-order valence-corrected chi connectivity index (χ0v) is 18.7. The SMILES string of the molecule is CCNC(=O)N[C@@H](CC)[C@H]1c2cc(OC)c(OC)cc2CCN1Cc1ccc(F)cc1. The van der Waals surface area contributed by atoms with Crippen molar-refractivity contribution in [1.29, 1.82) is 0 Å². The number of urea groups is 1. The lowest BCUT2D eigenvalue weighted by atomic mass is 9.86. The summed E-state index contributed by atoms with van der Waals surface area (Å²) < 4.78 is 24.5. The molecule has 1 heterocycles. The van der Waals surface area contributed by atoms with Gasteiger partial charge in [0.1, 0.15) is 5.82 Å². The molecule has 0 fully saturated rings. The van der Waals surface area contributed by atoms with Crippen LogP contribution in [0.15, 0.2) is 36.4 Å². The van der Waals surface area contributed by atoms with Crippen LogP contribution in [0.1, 0.15) is 43.0 Å². The molecule has 0 unspecified atom stereocenters. The van der Waals surface area contributed by atoms with Crippen molar-refractivity contribution in [3.63, 3.8) is 0 Å². The van der Waals surface area contributed by atoms with Gasteiger partial charge in [-0.25, -0.2) is 9.18 Å². The maximum atomic E-state index is 13.4. The van der Waals surface area contributed by atoms with Crippen molar-refractivity contribution in [3.05, 3.63) is 58.9 Å². The molecular weight excluding hydrogens is 397 g/mol. The maximum Gasteiger partial charge on any atom is 0.315 e. The van der Waals surface area contributed by atoms with E-state index in [4.69, 9.17) is 9.47 Å². The topological polar surface area (TPSA) is 62.8 Å². The molecule has 3 rings (SSSR count). The van der Waals surface area contributed by atoms with E-state index >= 15 is 0 Å². The van der Waals surface area contributed by atoms with Crippen LogP contribution in [0.5, 0.6) is 11.5 Å².